The zero-order chi connectivity index (χ0) is 17.0. The summed E-state index contributed by atoms with van der Waals surface area (Å²) in [5.74, 6) is 0.914. The maximum Gasteiger partial charge on any atom is 0.407 e. The van der Waals surface area contributed by atoms with Gasteiger partial charge in [0.05, 0.1) is 10.6 Å². The molecule has 126 valence electrons. The number of fused-ring (bicyclic) bond motifs is 1. The molecule has 1 N–H and O–H groups in total. The minimum atomic E-state index is -0.529. The molecule has 0 fully saturated rings. The molecule has 0 aliphatic carbocycles. The van der Waals surface area contributed by atoms with Crippen molar-refractivity contribution in [3.05, 3.63) is 28.3 Å². The van der Waals surface area contributed by atoms with E-state index in [4.69, 9.17) is 4.74 Å². The number of nitrogens with one attached hydrogen (secondary N) is 1. The van der Waals surface area contributed by atoms with E-state index in [2.05, 4.69) is 10.2 Å². The second kappa shape index (κ2) is 7.08. The minimum Gasteiger partial charge on any atom is -0.444 e. The average molecular weight is 339 g/mol. The third-order valence-electron chi connectivity index (χ3n) is 3.16. The molecule has 1 aliphatic heterocycles. The smallest absolute Gasteiger partial charge is 0.407 e. The Bertz CT molecular complexity index is 601. The van der Waals surface area contributed by atoms with Crippen LogP contribution in [0, 0.1) is 10.1 Å². The largest absolute Gasteiger partial charge is 0.444 e. The van der Waals surface area contributed by atoms with Gasteiger partial charge in [-0.2, -0.15) is 0 Å². The normalized spacial score (nSPS) is 14.1. The molecule has 0 saturated heterocycles. The summed E-state index contributed by atoms with van der Waals surface area (Å²) < 4.78 is 5.19. The maximum atomic E-state index is 11.6. The standard InChI is InChI=1S/C15H21N3O4S/c1-15(2,3)22-14(19)16-6-7-17-8-9-23-13-5-4-11(18(20)21)10-12(13)17/h4-5,10H,6-9H2,1-3H3,(H,16,19). The lowest BCUT2D eigenvalue weighted by atomic mass is 10.2. The summed E-state index contributed by atoms with van der Waals surface area (Å²) in [5.41, 5.74) is 0.400. The van der Waals surface area contributed by atoms with Crippen LogP contribution in [-0.2, 0) is 4.74 Å². The van der Waals surface area contributed by atoms with Gasteiger partial charge >= 0.3 is 6.09 Å². The van der Waals surface area contributed by atoms with E-state index < -0.39 is 16.6 Å². The van der Waals surface area contributed by atoms with E-state index in [9.17, 15) is 14.9 Å². The van der Waals surface area contributed by atoms with Gasteiger partial charge in [0.25, 0.3) is 5.69 Å². The van der Waals surface area contributed by atoms with E-state index in [0.717, 1.165) is 22.9 Å². The first-order chi connectivity index (χ1) is 10.8. The first-order valence-electron chi connectivity index (χ1n) is 7.39. The molecule has 0 spiro atoms. The number of ether oxygens (including phenoxy) is 1. The van der Waals surface area contributed by atoms with E-state index in [-0.39, 0.29) is 5.69 Å². The van der Waals surface area contributed by atoms with Gasteiger partial charge in [-0.25, -0.2) is 4.79 Å². The molecule has 1 heterocycles. The van der Waals surface area contributed by atoms with Crippen LogP contribution in [0.2, 0.25) is 0 Å². The number of non-ortho nitro benzene ring substituents is 1. The van der Waals surface area contributed by atoms with Crippen LogP contribution < -0.4 is 10.2 Å². The summed E-state index contributed by atoms with van der Waals surface area (Å²) in [7, 11) is 0. The lowest BCUT2D eigenvalue weighted by Gasteiger charge is -2.30. The summed E-state index contributed by atoms with van der Waals surface area (Å²) in [6, 6.07) is 4.90. The zero-order valence-corrected chi connectivity index (χ0v) is 14.3. The molecule has 1 aliphatic rings. The molecule has 8 heteroatoms. The number of thioether (sulfide) groups is 1. The van der Waals surface area contributed by atoms with Gasteiger partial charge in [0.15, 0.2) is 0 Å². The van der Waals surface area contributed by atoms with Crippen molar-refractivity contribution in [2.75, 3.05) is 30.3 Å². The number of carbonyl (C=O) groups is 1. The van der Waals surface area contributed by atoms with Crippen molar-refractivity contribution in [1.29, 1.82) is 0 Å². The number of carbonyl (C=O) groups excluding carboxylic acids is 1. The third kappa shape index (κ3) is 5.02. The molecular formula is C15H21N3O4S. The summed E-state index contributed by atoms with van der Waals surface area (Å²) in [5, 5.41) is 13.6. The number of nitrogens with zero attached hydrogens (tertiary/aromatic N) is 2. The number of amides is 1. The fourth-order valence-corrected chi connectivity index (χ4v) is 3.25. The van der Waals surface area contributed by atoms with Gasteiger partial charge in [0.1, 0.15) is 5.60 Å². The number of benzene rings is 1. The number of anilines is 1. The predicted octanol–water partition coefficient (Wildman–Crippen LogP) is 3.03. The summed E-state index contributed by atoms with van der Waals surface area (Å²) in [6.07, 6.45) is -0.455. The van der Waals surface area contributed by atoms with Crippen LogP contribution in [0.3, 0.4) is 0 Å². The second-order valence-electron chi connectivity index (χ2n) is 6.17. The van der Waals surface area contributed by atoms with Crippen molar-refractivity contribution in [2.24, 2.45) is 0 Å². The van der Waals surface area contributed by atoms with E-state index in [1.807, 2.05) is 20.8 Å². The lowest BCUT2D eigenvalue weighted by molar-refractivity contribution is -0.384. The first kappa shape index (κ1) is 17.4. The molecule has 1 amide bonds. The predicted molar refractivity (Wildman–Crippen MR) is 90.3 cm³/mol. The fourth-order valence-electron chi connectivity index (χ4n) is 2.21. The Morgan fingerprint density at radius 3 is 2.87 bits per heavy atom. The van der Waals surface area contributed by atoms with Gasteiger partial charge in [-0.15, -0.1) is 11.8 Å². The highest BCUT2D eigenvalue weighted by atomic mass is 32.2. The van der Waals surface area contributed by atoms with E-state index >= 15 is 0 Å². The Hall–Kier alpha value is -1.96. The molecule has 0 atom stereocenters. The van der Waals surface area contributed by atoms with Crippen molar-refractivity contribution in [1.82, 2.24) is 5.32 Å². The molecule has 0 aromatic heterocycles. The van der Waals surface area contributed by atoms with Crippen molar-refractivity contribution in [3.8, 4) is 0 Å². The molecule has 0 unspecified atom stereocenters. The van der Waals surface area contributed by atoms with Crippen LogP contribution in [0.1, 0.15) is 20.8 Å². The van der Waals surface area contributed by atoms with Crippen LogP contribution in [0.5, 0.6) is 0 Å². The third-order valence-corrected chi connectivity index (χ3v) is 4.21. The molecule has 1 aromatic carbocycles. The Labute approximate surface area is 139 Å². The van der Waals surface area contributed by atoms with E-state index in [1.54, 1.807) is 23.9 Å². The van der Waals surface area contributed by atoms with E-state index in [0.29, 0.717) is 13.1 Å². The number of hydrogen-bond acceptors (Lipinski definition) is 6. The highest BCUT2D eigenvalue weighted by Crippen LogP contribution is 2.36. The number of hydrogen-bond donors (Lipinski definition) is 1. The van der Waals surface area contributed by atoms with Gasteiger partial charge in [-0.3, -0.25) is 10.1 Å². The number of nitro benzene ring substituents is 1. The SMILES string of the molecule is CC(C)(C)OC(=O)NCCN1CCSc2ccc([N+](=O)[O-])cc21. The van der Waals surface area contributed by atoms with Crippen molar-refractivity contribution in [2.45, 2.75) is 31.3 Å². The quantitative estimate of drug-likeness (QED) is 0.670. The number of alkyl carbamates (subject to hydrolysis) is 1. The fraction of sp³-hybridized carbons (Fsp3) is 0.533. The summed E-state index contributed by atoms with van der Waals surface area (Å²) in [6.45, 7) is 7.21. The monoisotopic (exact) mass is 339 g/mol. The van der Waals surface area contributed by atoms with Gasteiger partial charge < -0.3 is 15.0 Å². The molecule has 0 radical (unpaired) electrons. The van der Waals surface area contributed by atoms with Crippen LogP contribution >= 0.6 is 11.8 Å². The van der Waals surface area contributed by atoms with Gasteiger partial charge in [0, 0.05) is 42.4 Å². The zero-order valence-electron chi connectivity index (χ0n) is 13.5. The molecule has 0 bridgehead atoms. The molecule has 0 saturated carbocycles. The molecule has 23 heavy (non-hydrogen) atoms. The van der Waals surface area contributed by atoms with E-state index in [1.165, 1.54) is 6.07 Å². The molecule has 7 nitrogen and oxygen atoms in total. The average Bonchev–Trinajstić information content (AvgIpc) is 2.45. The summed E-state index contributed by atoms with van der Waals surface area (Å²) in [4.78, 5) is 25.3. The maximum absolute atomic E-state index is 11.6. The topological polar surface area (TPSA) is 84.7 Å². The first-order valence-corrected chi connectivity index (χ1v) is 8.38. The Morgan fingerprint density at radius 1 is 1.48 bits per heavy atom. The number of nitro groups is 1. The van der Waals surface area contributed by atoms with Gasteiger partial charge in [-0.05, 0) is 26.8 Å². The van der Waals surface area contributed by atoms with Crippen LogP contribution in [-0.4, -0.2) is 42.0 Å². The van der Waals surface area contributed by atoms with Crippen molar-refractivity contribution >= 4 is 29.2 Å². The molecule has 1 aromatic rings. The van der Waals surface area contributed by atoms with Crippen molar-refractivity contribution in [3.63, 3.8) is 0 Å². The molecule has 2 rings (SSSR count). The van der Waals surface area contributed by atoms with Crippen LogP contribution in [0.4, 0.5) is 16.2 Å². The Morgan fingerprint density at radius 2 is 2.22 bits per heavy atom. The highest BCUT2D eigenvalue weighted by molar-refractivity contribution is 7.99. The van der Waals surface area contributed by atoms with Crippen LogP contribution in [0.25, 0.3) is 0 Å². The van der Waals surface area contributed by atoms with Gasteiger partial charge in [-0.1, -0.05) is 0 Å². The highest BCUT2D eigenvalue weighted by Gasteiger charge is 2.21. The van der Waals surface area contributed by atoms with Crippen molar-refractivity contribution < 1.29 is 14.5 Å². The minimum absolute atomic E-state index is 0.0800. The van der Waals surface area contributed by atoms with Crippen LogP contribution in [0.15, 0.2) is 23.1 Å². The Kier molecular flexibility index (Phi) is 5.35. The number of rotatable bonds is 4. The molecular weight excluding hydrogens is 318 g/mol. The Balaban J connectivity index is 1.96. The van der Waals surface area contributed by atoms with Gasteiger partial charge in [0.2, 0.25) is 0 Å². The lowest BCUT2D eigenvalue weighted by Crippen LogP contribution is -2.39. The summed E-state index contributed by atoms with van der Waals surface area (Å²) >= 11 is 1.68. The second-order valence-corrected chi connectivity index (χ2v) is 7.31.